The SMILES string of the molecule is Cc1c(N)nsc1NCC1CCN(C)C1. The van der Waals surface area contributed by atoms with Gasteiger partial charge in [-0.25, -0.2) is 0 Å². The van der Waals surface area contributed by atoms with Gasteiger partial charge in [0, 0.05) is 18.7 Å². The number of aromatic nitrogens is 1. The first-order valence-electron chi connectivity index (χ1n) is 5.31. The standard InChI is InChI=1S/C10H18N4S/c1-7-9(11)13-15-10(7)12-5-8-3-4-14(2)6-8/h8,12H,3-6H2,1-2H3,(H2,11,13). The van der Waals surface area contributed by atoms with Crippen LogP contribution >= 0.6 is 11.5 Å². The minimum Gasteiger partial charge on any atom is -0.383 e. The number of likely N-dealkylation sites (tertiary alicyclic amines) is 1. The summed E-state index contributed by atoms with van der Waals surface area (Å²) in [5.74, 6) is 1.42. The van der Waals surface area contributed by atoms with E-state index in [0.717, 1.165) is 23.0 Å². The van der Waals surface area contributed by atoms with E-state index >= 15 is 0 Å². The molecule has 0 radical (unpaired) electrons. The second-order valence-electron chi connectivity index (χ2n) is 4.32. The first-order chi connectivity index (χ1) is 7.16. The van der Waals surface area contributed by atoms with Crippen LogP contribution in [0.5, 0.6) is 0 Å². The Hall–Kier alpha value is -0.810. The van der Waals surface area contributed by atoms with Gasteiger partial charge in [0.25, 0.3) is 0 Å². The molecule has 0 aromatic carbocycles. The van der Waals surface area contributed by atoms with E-state index in [1.807, 2.05) is 6.92 Å². The molecule has 1 fully saturated rings. The summed E-state index contributed by atoms with van der Waals surface area (Å²) in [6.07, 6.45) is 1.29. The van der Waals surface area contributed by atoms with Gasteiger partial charge >= 0.3 is 0 Å². The molecular weight excluding hydrogens is 208 g/mol. The molecule has 2 rings (SSSR count). The Kier molecular flexibility index (Phi) is 3.11. The lowest BCUT2D eigenvalue weighted by atomic mass is 10.1. The zero-order valence-corrected chi connectivity index (χ0v) is 10.1. The van der Waals surface area contributed by atoms with Crippen molar-refractivity contribution < 1.29 is 0 Å². The lowest BCUT2D eigenvalue weighted by molar-refractivity contribution is 0.399. The molecule has 0 saturated carbocycles. The highest BCUT2D eigenvalue weighted by atomic mass is 32.1. The molecule has 1 aliphatic heterocycles. The number of nitrogen functional groups attached to an aromatic ring is 1. The van der Waals surface area contributed by atoms with Crippen molar-refractivity contribution in [2.45, 2.75) is 13.3 Å². The maximum atomic E-state index is 5.70. The van der Waals surface area contributed by atoms with Crippen molar-refractivity contribution in [1.29, 1.82) is 0 Å². The van der Waals surface area contributed by atoms with Crippen LogP contribution in [0.1, 0.15) is 12.0 Å². The Labute approximate surface area is 94.6 Å². The highest BCUT2D eigenvalue weighted by Crippen LogP contribution is 2.26. The molecule has 3 N–H and O–H groups in total. The molecule has 84 valence electrons. The van der Waals surface area contributed by atoms with Gasteiger partial charge in [0.15, 0.2) is 0 Å². The molecule has 0 spiro atoms. The lowest BCUT2D eigenvalue weighted by Crippen LogP contribution is -2.19. The van der Waals surface area contributed by atoms with E-state index in [1.54, 1.807) is 0 Å². The summed E-state index contributed by atoms with van der Waals surface area (Å²) in [7, 11) is 2.18. The van der Waals surface area contributed by atoms with Gasteiger partial charge in [0.2, 0.25) is 0 Å². The van der Waals surface area contributed by atoms with Crippen LogP contribution in [0.25, 0.3) is 0 Å². The Bertz CT molecular complexity index is 336. The fourth-order valence-electron chi connectivity index (χ4n) is 1.94. The average Bonchev–Trinajstić information content (AvgIpc) is 2.74. The Balaban J connectivity index is 1.85. The molecule has 1 aromatic rings. The quantitative estimate of drug-likeness (QED) is 0.818. The summed E-state index contributed by atoms with van der Waals surface area (Å²) >= 11 is 1.46. The third-order valence-corrected chi connectivity index (χ3v) is 3.92. The smallest absolute Gasteiger partial charge is 0.142 e. The second kappa shape index (κ2) is 4.37. The number of hydrogen-bond donors (Lipinski definition) is 2. The minimum atomic E-state index is 0.658. The average molecular weight is 226 g/mol. The van der Waals surface area contributed by atoms with Crippen LogP contribution in [0.15, 0.2) is 0 Å². The number of nitrogens with one attached hydrogen (secondary N) is 1. The van der Waals surface area contributed by atoms with Gasteiger partial charge < -0.3 is 16.0 Å². The van der Waals surface area contributed by atoms with Crippen molar-refractivity contribution in [2.24, 2.45) is 5.92 Å². The first-order valence-corrected chi connectivity index (χ1v) is 6.08. The minimum absolute atomic E-state index is 0.658. The maximum Gasteiger partial charge on any atom is 0.142 e. The van der Waals surface area contributed by atoms with Gasteiger partial charge in [-0.2, -0.15) is 4.37 Å². The predicted molar refractivity (Wildman–Crippen MR) is 65.4 cm³/mol. The molecule has 0 aliphatic carbocycles. The zero-order chi connectivity index (χ0) is 10.8. The molecule has 1 aromatic heterocycles. The highest BCUT2D eigenvalue weighted by molar-refractivity contribution is 7.10. The number of nitrogens with zero attached hydrogens (tertiary/aromatic N) is 2. The van der Waals surface area contributed by atoms with E-state index in [1.165, 1.54) is 31.0 Å². The van der Waals surface area contributed by atoms with Crippen molar-refractivity contribution >= 4 is 22.4 Å². The van der Waals surface area contributed by atoms with Crippen molar-refractivity contribution in [3.05, 3.63) is 5.56 Å². The van der Waals surface area contributed by atoms with Crippen molar-refractivity contribution in [3.63, 3.8) is 0 Å². The summed E-state index contributed by atoms with van der Waals surface area (Å²) in [5, 5.41) is 4.57. The van der Waals surface area contributed by atoms with Gasteiger partial charge in [-0.15, -0.1) is 0 Å². The molecule has 1 aliphatic rings. The van der Waals surface area contributed by atoms with Crippen LogP contribution in [-0.2, 0) is 0 Å². The van der Waals surface area contributed by atoms with E-state index in [-0.39, 0.29) is 0 Å². The van der Waals surface area contributed by atoms with Crippen LogP contribution in [-0.4, -0.2) is 36.0 Å². The summed E-state index contributed by atoms with van der Waals surface area (Å²) in [6.45, 7) is 5.46. The van der Waals surface area contributed by atoms with Crippen molar-refractivity contribution in [1.82, 2.24) is 9.27 Å². The topological polar surface area (TPSA) is 54.2 Å². The fourth-order valence-corrected chi connectivity index (χ4v) is 2.66. The molecule has 1 saturated heterocycles. The molecule has 0 bridgehead atoms. The second-order valence-corrected chi connectivity index (χ2v) is 5.09. The normalized spacial score (nSPS) is 22.1. The van der Waals surface area contributed by atoms with Gasteiger partial charge in [-0.05, 0) is 44.4 Å². The molecule has 4 nitrogen and oxygen atoms in total. The van der Waals surface area contributed by atoms with Crippen LogP contribution < -0.4 is 11.1 Å². The van der Waals surface area contributed by atoms with Crippen LogP contribution in [0, 0.1) is 12.8 Å². The number of rotatable bonds is 3. The monoisotopic (exact) mass is 226 g/mol. The highest BCUT2D eigenvalue weighted by Gasteiger charge is 2.19. The van der Waals surface area contributed by atoms with Gasteiger partial charge in [-0.3, -0.25) is 0 Å². The van der Waals surface area contributed by atoms with Crippen molar-refractivity contribution in [3.8, 4) is 0 Å². The third kappa shape index (κ3) is 2.41. The molecule has 0 amide bonds. The number of anilines is 2. The molecule has 5 heteroatoms. The third-order valence-electron chi connectivity index (χ3n) is 3.00. The van der Waals surface area contributed by atoms with Gasteiger partial charge in [0.1, 0.15) is 10.8 Å². The molecule has 15 heavy (non-hydrogen) atoms. The van der Waals surface area contributed by atoms with E-state index < -0.39 is 0 Å². The van der Waals surface area contributed by atoms with E-state index in [4.69, 9.17) is 5.73 Å². The van der Waals surface area contributed by atoms with Crippen LogP contribution in [0.4, 0.5) is 10.8 Å². The largest absolute Gasteiger partial charge is 0.383 e. The Morgan fingerprint density at radius 2 is 2.47 bits per heavy atom. The molecule has 2 heterocycles. The lowest BCUT2D eigenvalue weighted by Gasteiger charge is -2.11. The predicted octanol–water partition coefficient (Wildman–Crippen LogP) is 1.40. The summed E-state index contributed by atoms with van der Waals surface area (Å²) in [4.78, 5) is 2.38. The molecular formula is C10H18N4S. The first kappa shape index (κ1) is 10.7. The van der Waals surface area contributed by atoms with Crippen LogP contribution in [0.3, 0.4) is 0 Å². The molecule has 1 atom stereocenters. The maximum absolute atomic E-state index is 5.70. The van der Waals surface area contributed by atoms with Crippen molar-refractivity contribution in [2.75, 3.05) is 37.7 Å². The Morgan fingerprint density at radius 3 is 3.00 bits per heavy atom. The summed E-state index contributed by atoms with van der Waals surface area (Å²) in [6, 6.07) is 0. The van der Waals surface area contributed by atoms with E-state index in [0.29, 0.717) is 5.82 Å². The van der Waals surface area contributed by atoms with Crippen LogP contribution in [0.2, 0.25) is 0 Å². The zero-order valence-electron chi connectivity index (χ0n) is 9.29. The molecule has 1 unspecified atom stereocenters. The van der Waals surface area contributed by atoms with Gasteiger partial charge in [-0.1, -0.05) is 0 Å². The van der Waals surface area contributed by atoms with Gasteiger partial charge in [0.05, 0.1) is 0 Å². The number of nitrogens with two attached hydrogens (primary N) is 1. The Morgan fingerprint density at radius 1 is 1.67 bits per heavy atom. The van der Waals surface area contributed by atoms with E-state index in [2.05, 4.69) is 21.6 Å². The fraction of sp³-hybridized carbons (Fsp3) is 0.700. The summed E-state index contributed by atoms with van der Waals surface area (Å²) < 4.78 is 4.12. The number of hydrogen-bond acceptors (Lipinski definition) is 5. The summed E-state index contributed by atoms with van der Waals surface area (Å²) in [5.41, 5.74) is 6.79. The van der Waals surface area contributed by atoms with E-state index in [9.17, 15) is 0 Å².